The van der Waals surface area contributed by atoms with Gasteiger partial charge in [-0.1, -0.05) is 32.9 Å². The van der Waals surface area contributed by atoms with Crippen molar-refractivity contribution in [3.63, 3.8) is 0 Å². The zero-order valence-corrected chi connectivity index (χ0v) is 12.8. The number of rotatable bonds is 7. The quantitative estimate of drug-likeness (QED) is 0.718. The summed E-state index contributed by atoms with van der Waals surface area (Å²) in [6.07, 6.45) is 1.90. The van der Waals surface area contributed by atoms with Crippen LogP contribution in [0.25, 0.3) is 0 Å². The Morgan fingerprint density at radius 1 is 1.14 bits per heavy atom. The second kappa shape index (κ2) is 8.29. The van der Waals surface area contributed by atoms with Gasteiger partial charge in [0.25, 0.3) is 0 Å². The van der Waals surface area contributed by atoms with E-state index < -0.39 is 5.97 Å². The predicted octanol–water partition coefficient (Wildman–Crippen LogP) is 3.57. The second-order valence-corrected chi connectivity index (χ2v) is 5.23. The van der Waals surface area contributed by atoms with Gasteiger partial charge in [0.1, 0.15) is 0 Å². The number of urea groups is 1. The van der Waals surface area contributed by atoms with E-state index in [1.807, 2.05) is 32.9 Å². The fourth-order valence-corrected chi connectivity index (χ4v) is 2.12. The highest BCUT2D eigenvalue weighted by Crippen LogP contribution is 2.20. The molecule has 0 saturated carbocycles. The van der Waals surface area contributed by atoms with Crippen molar-refractivity contribution in [3.05, 3.63) is 29.8 Å². The van der Waals surface area contributed by atoms with Crippen molar-refractivity contribution in [3.8, 4) is 0 Å². The molecule has 0 spiro atoms. The van der Waals surface area contributed by atoms with E-state index in [0.29, 0.717) is 5.69 Å². The highest BCUT2D eigenvalue weighted by molar-refractivity contribution is 5.89. The molecule has 1 atom stereocenters. The first kappa shape index (κ1) is 17.0. The maximum Gasteiger partial charge on any atom is 0.319 e. The van der Waals surface area contributed by atoms with Crippen molar-refractivity contribution >= 4 is 17.7 Å². The van der Waals surface area contributed by atoms with Crippen LogP contribution in [0, 0.1) is 0 Å². The van der Waals surface area contributed by atoms with E-state index >= 15 is 0 Å². The number of benzene rings is 1. The lowest BCUT2D eigenvalue weighted by Crippen LogP contribution is -2.37. The van der Waals surface area contributed by atoms with E-state index in [1.54, 1.807) is 12.1 Å². The van der Waals surface area contributed by atoms with Gasteiger partial charge in [-0.05, 0) is 36.5 Å². The zero-order valence-electron chi connectivity index (χ0n) is 12.8. The van der Waals surface area contributed by atoms with Crippen molar-refractivity contribution in [1.29, 1.82) is 0 Å². The number of hydrogen-bond donors (Lipinski definition) is 3. The maximum atomic E-state index is 11.8. The Kier molecular flexibility index (Phi) is 6.72. The summed E-state index contributed by atoms with van der Waals surface area (Å²) in [7, 11) is 0. The Balaban J connectivity index is 2.58. The SMILES string of the molecule is CCC(CC)NC(=O)Nc1ccc(C(C)CC(=O)O)cc1. The lowest BCUT2D eigenvalue weighted by molar-refractivity contribution is -0.137. The first-order valence-corrected chi connectivity index (χ1v) is 7.35. The van der Waals surface area contributed by atoms with Gasteiger partial charge >= 0.3 is 12.0 Å². The number of carboxylic acid groups (broad SMARTS) is 1. The van der Waals surface area contributed by atoms with Gasteiger partial charge in [-0.25, -0.2) is 4.79 Å². The number of nitrogens with one attached hydrogen (secondary N) is 2. The van der Waals surface area contributed by atoms with Crippen LogP contribution in [0.4, 0.5) is 10.5 Å². The molecule has 3 N–H and O–H groups in total. The normalized spacial score (nSPS) is 12.0. The van der Waals surface area contributed by atoms with E-state index in [4.69, 9.17) is 5.11 Å². The third-order valence-corrected chi connectivity index (χ3v) is 3.54. The number of carboxylic acids is 1. The van der Waals surface area contributed by atoms with Gasteiger partial charge in [0, 0.05) is 11.7 Å². The van der Waals surface area contributed by atoms with Crippen LogP contribution >= 0.6 is 0 Å². The van der Waals surface area contributed by atoms with Crippen molar-refractivity contribution < 1.29 is 14.7 Å². The Bertz CT molecular complexity index is 467. The van der Waals surface area contributed by atoms with Crippen LogP contribution in [0.1, 0.15) is 51.5 Å². The molecule has 0 aliphatic rings. The van der Waals surface area contributed by atoms with Gasteiger partial charge in [0.15, 0.2) is 0 Å². The molecule has 0 bridgehead atoms. The fraction of sp³-hybridized carbons (Fsp3) is 0.500. The van der Waals surface area contributed by atoms with E-state index in [-0.39, 0.29) is 24.4 Å². The molecule has 0 aliphatic heterocycles. The van der Waals surface area contributed by atoms with Crippen molar-refractivity contribution in [2.24, 2.45) is 0 Å². The number of hydrogen-bond acceptors (Lipinski definition) is 2. The average molecular weight is 292 g/mol. The summed E-state index contributed by atoms with van der Waals surface area (Å²) in [5.74, 6) is -0.857. The third kappa shape index (κ3) is 5.85. The number of carbonyl (C=O) groups is 2. The Morgan fingerprint density at radius 3 is 2.19 bits per heavy atom. The molecule has 21 heavy (non-hydrogen) atoms. The van der Waals surface area contributed by atoms with Crippen LogP contribution in [0.2, 0.25) is 0 Å². The van der Waals surface area contributed by atoms with Gasteiger partial charge in [0.05, 0.1) is 6.42 Å². The van der Waals surface area contributed by atoms with Crippen molar-refractivity contribution in [2.75, 3.05) is 5.32 Å². The first-order valence-electron chi connectivity index (χ1n) is 7.35. The number of anilines is 1. The number of aliphatic carboxylic acids is 1. The van der Waals surface area contributed by atoms with E-state index in [2.05, 4.69) is 10.6 Å². The van der Waals surface area contributed by atoms with Crippen LogP contribution < -0.4 is 10.6 Å². The van der Waals surface area contributed by atoms with Crippen LogP contribution in [0.3, 0.4) is 0 Å². The van der Waals surface area contributed by atoms with E-state index in [0.717, 1.165) is 18.4 Å². The Morgan fingerprint density at radius 2 is 1.71 bits per heavy atom. The standard InChI is InChI=1S/C16H24N2O3/c1-4-13(5-2)17-16(21)18-14-8-6-12(7-9-14)11(3)10-15(19)20/h6-9,11,13H,4-5,10H2,1-3H3,(H,19,20)(H2,17,18,21). The first-order chi connectivity index (χ1) is 9.96. The Labute approximate surface area is 125 Å². The molecule has 2 amide bonds. The molecular weight excluding hydrogens is 268 g/mol. The lowest BCUT2D eigenvalue weighted by atomic mass is 9.98. The molecule has 1 unspecified atom stereocenters. The highest BCUT2D eigenvalue weighted by atomic mass is 16.4. The van der Waals surface area contributed by atoms with Crippen molar-refractivity contribution in [2.45, 2.75) is 52.0 Å². The average Bonchev–Trinajstić information content (AvgIpc) is 2.44. The molecule has 0 heterocycles. The predicted molar refractivity (Wildman–Crippen MR) is 83.6 cm³/mol. The summed E-state index contributed by atoms with van der Waals surface area (Å²) >= 11 is 0. The molecule has 1 rings (SSSR count). The fourth-order valence-electron chi connectivity index (χ4n) is 2.12. The van der Waals surface area contributed by atoms with Gasteiger partial charge < -0.3 is 15.7 Å². The summed E-state index contributed by atoms with van der Waals surface area (Å²) in [4.78, 5) is 22.5. The maximum absolute atomic E-state index is 11.8. The molecule has 5 nitrogen and oxygen atoms in total. The van der Waals surface area contributed by atoms with Crippen LogP contribution in [-0.4, -0.2) is 23.1 Å². The van der Waals surface area contributed by atoms with Crippen molar-refractivity contribution in [1.82, 2.24) is 5.32 Å². The van der Waals surface area contributed by atoms with Gasteiger partial charge in [-0.3, -0.25) is 4.79 Å². The minimum Gasteiger partial charge on any atom is -0.481 e. The molecule has 116 valence electrons. The molecule has 1 aromatic rings. The molecule has 5 heteroatoms. The zero-order chi connectivity index (χ0) is 15.8. The second-order valence-electron chi connectivity index (χ2n) is 5.23. The monoisotopic (exact) mass is 292 g/mol. The smallest absolute Gasteiger partial charge is 0.319 e. The molecule has 1 aromatic carbocycles. The Hall–Kier alpha value is -2.04. The van der Waals surface area contributed by atoms with E-state index in [9.17, 15) is 9.59 Å². The topological polar surface area (TPSA) is 78.4 Å². The largest absolute Gasteiger partial charge is 0.481 e. The molecule has 0 aliphatic carbocycles. The summed E-state index contributed by atoms with van der Waals surface area (Å²) in [6.45, 7) is 5.94. The highest BCUT2D eigenvalue weighted by Gasteiger charge is 2.11. The van der Waals surface area contributed by atoms with Crippen LogP contribution in [0.15, 0.2) is 24.3 Å². The molecule has 0 fully saturated rings. The van der Waals surface area contributed by atoms with E-state index in [1.165, 1.54) is 0 Å². The minimum absolute atomic E-state index is 0.0464. The summed E-state index contributed by atoms with van der Waals surface area (Å²) in [5, 5.41) is 14.5. The van der Waals surface area contributed by atoms with Gasteiger partial charge in [-0.2, -0.15) is 0 Å². The number of carbonyl (C=O) groups excluding carboxylic acids is 1. The summed E-state index contributed by atoms with van der Waals surface area (Å²) in [5.41, 5.74) is 1.65. The van der Waals surface area contributed by atoms with Gasteiger partial charge in [0.2, 0.25) is 0 Å². The molecular formula is C16H24N2O3. The van der Waals surface area contributed by atoms with Crippen LogP contribution in [0.5, 0.6) is 0 Å². The molecule has 0 radical (unpaired) electrons. The minimum atomic E-state index is -0.811. The number of amides is 2. The molecule has 0 saturated heterocycles. The van der Waals surface area contributed by atoms with Gasteiger partial charge in [-0.15, -0.1) is 0 Å². The summed E-state index contributed by atoms with van der Waals surface area (Å²) in [6, 6.07) is 7.25. The molecule has 0 aromatic heterocycles. The third-order valence-electron chi connectivity index (χ3n) is 3.54. The van der Waals surface area contributed by atoms with Crippen LogP contribution in [-0.2, 0) is 4.79 Å². The lowest BCUT2D eigenvalue weighted by Gasteiger charge is -2.16. The summed E-state index contributed by atoms with van der Waals surface area (Å²) < 4.78 is 0.